The van der Waals surface area contributed by atoms with Crippen molar-refractivity contribution >= 4 is 26.8 Å². The second-order valence-electron chi connectivity index (χ2n) is 8.19. The summed E-state index contributed by atoms with van der Waals surface area (Å²) in [5.41, 5.74) is 2.48. The zero-order chi connectivity index (χ0) is 23.3. The molecule has 1 atom stereocenters. The standard InChI is InChI=1S/C25H29N3O4S/c1-19(21-11-10-20-6-2-3-7-22(20)16-21)27-25(29)26-17-23-8-4-5-9-24(23)18-33(30,31)28-12-14-32-15-13-28/h2-11,16,19H,12-15,17-18H2,1H3,(H2,26,27,29). The van der Waals surface area contributed by atoms with Crippen LogP contribution in [-0.2, 0) is 27.1 Å². The van der Waals surface area contributed by atoms with Gasteiger partial charge < -0.3 is 15.4 Å². The highest BCUT2D eigenvalue weighted by atomic mass is 32.2. The summed E-state index contributed by atoms with van der Waals surface area (Å²) < 4.78 is 32.4. The fourth-order valence-electron chi connectivity index (χ4n) is 3.97. The van der Waals surface area contributed by atoms with Crippen LogP contribution in [0.1, 0.15) is 29.7 Å². The summed E-state index contributed by atoms with van der Waals surface area (Å²) in [5.74, 6) is -0.0973. The lowest BCUT2D eigenvalue weighted by atomic mass is 10.0. The van der Waals surface area contributed by atoms with E-state index in [4.69, 9.17) is 4.74 Å². The molecule has 1 aliphatic rings. The van der Waals surface area contributed by atoms with Crippen molar-refractivity contribution in [3.8, 4) is 0 Å². The SMILES string of the molecule is CC(NC(=O)NCc1ccccc1CS(=O)(=O)N1CCOCC1)c1ccc2ccccc2c1. The lowest BCUT2D eigenvalue weighted by molar-refractivity contribution is 0.0729. The predicted molar refractivity (Wildman–Crippen MR) is 129 cm³/mol. The first-order valence-electron chi connectivity index (χ1n) is 11.1. The maximum atomic E-state index is 12.8. The molecule has 0 spiro atoms. The number of sulfonamides is 1. The average molecular weight is 468 g/mol. The molecule has 1 fully saturated rings. The van der Waals surface area contributed by atoms with E-state index in [0.717, 1.165) is 21.9 Å². The molecule has 33 heavy (non-hydrogen) atoms. The lowest BCUT2D eigenvalue weighted by Gasteiger charge is -2.26. The molecule has 2 amide bonds. The normalized spacial score (nSPS) is 15.8. The highest BCUT2D eigenvalue weighted by Gasteiger charge is 2.25. The van der Waals surface area contributed by atoms with E-state index in [1.807, 2.05) is 55.5 Å². The minimum absolute atomic E-state index is 0.0973. The number of amides is 2. The van der Waals surface area contributed by atoms with Crippen LogP contribution in [0, 0.1) is 0 Å². The van der Waals surface area contributed by atoms with Gasteiger partial charge in [0.25, 0.3) is 0 Å². The van der Waals surface area contributed by atoms with Gasteiger partial charge >= 0.3 is 6.03 Å². The highest BCUT2D eigenvalue weighted by molar-refractivity contribution is 7.88. The third-order valence-electron chi connectivity index (χ3n) is 5.88. The summed E-state index contributed by atoms with van der Waals surface area (Å²) in [5, 5.41) is 8.10. The summed E-state index contributed by atoms with van der Waals surface area (Å²) in [6, 6.07) is 21.1. The van der Waals surface area contributed by atoms with Crippen LogP contribution in [0.3, 0.4) is 0 Å². The Morgan fingerprint density at radius 1 is 0.970 bits per heavy atom. The number of nitrogens with zero attached hydrogens (tertiary/aromatic N) is 1. The van der Waals surface area contributed by atoms with Gasteiger partial charge in [0.2, 0.25) is 10.0 Å². The van der Waals surface area contributed by atoms with Gasteiger partial charge in [0.1, 0.15) is 0 Å². The number of ether oxygens (including phenoxy) is 1. The van der Waals surface area contributed by atoms with Gasteiger partial charge in [0, 0.05) is 19.6 Å². The van der Waals surface area contributed by atoms with Gasteiger partial charge in [0.05, 0.1) is 25.0 Å². The van der Waals surface area contributed by atoms with Crippen LogP contribution in [0.15, 0.2) is 66.7 Å². The molecule has 0 saturated carbocycles. The molecular weight excluding hydrogens is 438 g/mol. The van der Waals surface area contributed by atoms with Crippen LogP contribution in [-0.4, -0.2) is 45.1 Å². The van der Waals surface area contributed by atoms with Crippen molar-refractivity contribution in [2.24, 2.45) is 0 Å². The molecule has 0 aliphatic carbocycles. The van der Waals surface area contributed by atoms with Crippen LogP contribution in [0.2, 0.25) is 0 Å². The van der Waals surface area contributed by atoms with Gasteiger partial charge in [-0.15, -0.1) is 0 Å². The number of rotatable bonds is 7. The second-order valence-corrected chi connectivity index (χ2v) is 10.2. The molecule has 1 saturated heterocycles. The van der Waals surface area contributed by atoms with Gasteiger partial charge in [-0.1, -0.05) is 60.7 Å². The second kappa shape index (κ2) is 10.3. The Hall–Kier alpha value is -2.94. The molecule has 4 rings (SSSR count). The predicted octanol–water partition coefficient (Wildman–Crippen LogP) is 3.56. The molecule has 174 valence electrons. The van der Waals surface area contributed by atoms with Crippen LogP contribution in [0.25, 0.3) is 10.8 Å². The molecular formula is C25H29N3O4S. The Balaban J connectivity index is 1.37. The number of carbonyl (C=O) groups is 1. The van der Waals surface area contributed by atoms with Gasteiger partial charge in [0.15, 0.2) is 0 Å². The van der Waals surface area contributed by atoms with E-state index in [1.54, 1.807) is 6.07 Å². The van der Waals surface area contributed by atoms with Crippen LogP contribution in [0.4, 0.5) is 4.79 Å². The maximum absolute atomic E-state index is 12.8. The van der Waals surface area contributed by atoms with E-state index in [1.165, 1.54) is 4.31 Å². The number of hydrogen-bond acceptors (Lipinski definition) is 4. The minimum atomic E-state index is -3.45. The average Bonchev–Trinajstić information content (AvgIpc) is 2.83. The Morgan fingerprint density at radius 3 is 2.39 bits per heavy atom. The van der Waals surface area contributed by atoms with Crippen molar-refractivity contribution in [2.75, 3.05) is 26.3 Å². The van der Waals surface area contributed by atoms with Crippen molar-refractivity contribution < 1.29 is 17.9 Å². The van der Waals surface area contributed by atoms with Gasteiger partial charge in [-0.05, 0) is 40.5 Å². The zero-order valence-electron chi connectivity index (χ0n) is 18.7. The van der Waals surface area contributed by atoms with E-state index >= 15 is 0 Å². The van der Waals surface area contributed by atoms with Crippen molar-refractivity contribution in [3.63, 3.8) is 0 Å². The fourth-order valence-corrected chi connectivity index (χ4v) is 5.53. The smallest absolute Gasteiger partial charge is 0.315 e. The van der Waals surface area contributed by atoms with E-state index in [2.05, 4.69) is 22.8 Å². The minimum Gasteiger partial charge on any atom is -0.379 e. The van der Waals surface area contributed by atoms with E-state index < -0.39 is 10.0 Å². The Bertz CT molecular complexity index is 1220. The molecule has 8 heteroatoms. The third-order valence-corrected chi connectivity index (χ3v) is 7.71. The van der Waals surface area contributed by atoms with Gasteiger partial charge in [-0.2, -0.15) is 4.31 Å². The monoisotopic (exact) mass is 467 g/mol. The molecule has 1 aliphatic heterocycles. The molecule has 0 radical (unpaired) electrons. The molecule has 1 heterocycles. The third kappa shape index (κ3) is 5.90. The number of nitrogens with one attached hydrogen (secondary N) is 2. The number of benzene rings is 3. The molecule has 0 bridgehead atoms. The number of fused-ring (bicyclic) bond motifs is 1. The summed E-state index contributed by atoms with van der Waals surface area (Å²) in [6.45, 7) is 3.75. The van der Waals surface area contributed by atoms with Crippen LogP contribution >= 0.6 is 0 Å². The first kappa shape index (κ1) is 23.2. The first-order valence-corrected chi connectivity index (χ1v) is 12.7. The maximum Gasteiger partial charge on any atom is 0.315 e. The van der Waals surface area contributed by atoms with Gasteiger partial charge in [-0.3, -0.25) is 0 Å². The van der Waals surface area contributed by atoms with Crippen molar-refractivity contribution in [1.29, 1.82) is 0 Å². The van der Waals surface area contributed by atoms with E-state index in [9.17, 15) is 13.2 Å². The molecule has 1 unspecified atom stereocenters. The molecule has 3 aromatic rings. The van der Waals surface area contributed by atoms with Crippen LogP contribution in [0.5, 0.6) is 0 Å². The van der Waals surface area contributed by atoms with Crippen molar-refractivity contribution in [2.45, 2.75) is 25.3 Å². The lowest BCUT2D eigenvalue weighted by Crippen LogP contribution is -2.41. The van der Waals surface area contributed by atoms with E-state index in [-0.39, 0.29) is 24.4 Å². The summed E-state index contributed by atoms with van der Waals surface area (Å²) in [7, 11) is -3.45. The first-order chi connectivity index (χ1) is 15.9. The zero-order valence-corrected chi connectivity index (χ0v) is 19.5. The molecule has 7 nitrogen and oxygen atoms in total. The summed E-state index contributed by atoms with van der Waals surface area (Å²) >= 11 is 0. The topological polar surface area (TPSA) is 87.7 Å². The molecule has 0 aromatic heterocycles. The number of carbonyl (C=O) groups excluding carboxylic acids is 1. The number of morpholine rings is 1. The highest BCUT2D eigenvalue weighted by Crippen LogP contribution is 2.20. The summed E-state index contributed by atoms with van der Waals surface area (Å²) in [6.07, 6.45) is 0. The Morgan fingerprint density at radius 2 is 1.64 bits per heavy atom. The molecule has 3 aromatic carbocycles. The summed E-state index contributed by atoms with van der Waals surface area (Å²) in [4.78, 5) is 12.5. The number of urea groups is 1. The van der Waals surface area contributed by atoms with Crippen molar-refractivity contribution in [1.82, 2.24) is 14.9 Å². The Kier molecular flexibility index (Phi) is 7.27. The Labute approximate surface area is 194 Å². The fraction of sp³-hybridized carbons (Fsp3) is 0.320. The number of hydrogen-bond donors (Lipinski definition) is 2. The van der Waals surface area contributed by atoms with Crippen molar-refractivity contribution in [3.05, 3.63) is 83.4 Å². The van der Waals surface area contributed by atoms with Gasteiger partial charge in [-0.25, -0.2) is 13.2 Å². The van der Waals surface area contributed by atoms with E-state index in [0.29, 0.717) is 31.9 Å². The largest absolute Gasteiger partial charge is 0.379 e. The van der Waals surface area contributed by atoms with Crippen LogP contribution < -0.4 is 10.6 Å². The molecule has 2 N–H and O–H groups in total. The quantitative estimate of drug-likeness (QED) is 0.556.